The van der Waals surface area contributed by atoms with Gasteiger partial charge in [-0.15, -0.1) is 11.3 Å². The summed E-state index contributed by atoms with van der Waals surface area (Å²) in [5.74, 6) is -0.748. The Labute approximate surface area is 203 Å². The second-order valence-electron chi connectivity index (χ2n) is 8.38. The van der Waals surface area contributed by atoms with Crippen molar-refractivity contribution in [2.45, 2.75) is 18.9 Å². The molecule has 4 N–H and O–H groups in total. The molecule has 0 fully saturated rings. The first kappa shape index (κ1) is 20.9. The average Bonchev–Trinajstić information content (AvgIpc) is 3.51. The number of aromatic amines is 1. The lowest BCUT2D eigenvalue weighted by Crippen LogP contribution is -2.22. The normalized spacial score (nSPS) is 15.3. The molecule has 5 aromatic rings. The van der Waals surface area contributed by atoms with Gasteiger partial charge in [-0.25, -0.2) is 9.97 Å². The van der Waals surface area contributed by atoms with Crippen molar-refractivity contribution in [1.82, 2.24) is 19.9 Å². The number of halogens is 1. The first-order valence-corrected chi connectivity index (χ1v) is 12.0. The number of rotatable bonds is 5. The van der Waals surface area contributed by atoms with Crippen LogP contribution in [0.4, 0.5) is 11.6 Å². The maximum absolute atomic E-state index is 11.6. The van der Waals surface area contributed by atoms with Crippen LogP contribution >= 0.6 is 22.9 Å². The van der Waals surface area contributed by atoms with Gasteiger partial charge < -0.3 is 20.7 Å². The van der Waals surface area contributed by atoms with Crippen molar-refractivity contribution in [3.8, 4) is 11.3 Å². The van der Waals surface area contributed by atoms with Crippen LogP contribution < -0.4 is 10.6 Å². The summed E-state index contributed by atoms with van der Waals surface area (Å²) in [7, 11) is 0. The quantitative estimate of drug-likeness (QED) is 0.315. The van der Waals surface area contributed by atoms with Crippen molar-refractivity contribution in [3.05, 3.63) is 64.3 Å². The van der Waals surface area contributed by atoms with Crippen LogP contribution in [0.2, 0.25) is 5.02 Å². The number of H-pyrrole nitrogens is 1. The molecule has 0 bridgehead atoms. The number of imidazole rings is 1. The highest BCUT2D eigenvalue weighted by atomic mass is 35.5. The zero-order valence-electron chi connectivity index (χ0n) is 17.8. The Kier molecular flexibility index (Phi) is 4.89. The van der Waals surface area contributed by atoms with Crippen LogP contribution in [0.5, 0.6) is 0 Å². The summed E-state index contributed by atoms with van der Waals surface area (Å²) in [6, 6.07) is 11.9. The number of benzene rings is 2. The molecule has 0 aliphatic carbocycles. The Morgan fingerprint density at radius 1 is 1.26 bits per heavy atom. The number of hydrogen-bond donors (Lipinski definition) is 3. The fraction of sp³-hybridized carbons (Fsp3) is 0.167. The first-order chi connectivity index (χ1) is 16.5. The van der Waals surface area contributed by atoms with E-state index in [4.69, 9.17) is 17.3 Å². The molecule has 0 radical (unpaired) electrons. The molecule has 1 aliphatic heterocycles. The van der Waals surface area contributed by atoms with E-state index in [9.17, 15) is 9.90 Å². The largest absolute Gasteiger partial charge is 0.481 e. The van der Waals surface area contributed by atoms with Gasteiger partial charge >= 0.3 is 5.97 Å². The number of nitrogens with zero attached hydrogens (tertiary/aromatic N) is 4. The van der Waals surface area contributed by atoms with Gasteiger partial charge in [0.1, 0.15) is 11.2 Å². The molecule has 1 unspecified atom stereocenters. The Hall–Kier alpha value is -3.69. The molecule has 0 spiro atoms. The molecule has 34 heavy (non-hydrogen) atoms. The highest BCUT2D eigenvalue weighted by molar-refractivity contribution is 7.17. The van der Waals surface area contributed by atoms with Crippen molar-refractivity contribution in [2.24, 2.45) is 0 Å². The molecule has 10 heteroatoms. The maximum atomic E-state index is 11.6. The van der Waals surface area contributed by atoms with Crippen LogP contribution in [0.15, 0.2) is 48.1 Å². The minimum Gasteiger partial charge on any atom is -0.481 e. The summed E-state index contributed by atoms with van der Waals surface area (Å²) in [4.78, 5) is 29.8. The second-order valence-corrected chi connectivity index (χ2v) is 9.73. The molecule has 1 atom stereocenters. The van der Waals surface area contributed by atoms with Crippen LogP contribution in [-0.4, -0.2) is 37.6 Å². The number of nitrogens with one attached hydrogen (secondary N) is 1. The van der Waals surface area contributed by atoms with Gasteiger partial charge in [0.15, 0.2) is 5.65 Å². The third kappa shape index (κ3) is 3.53. The third-order valence-electron chi connectivity index (χ3n) is 6.22. The van der Waals surface area contributed by atoms with E-state index in [1.807, 2.05) is 30.3 Å². The van der Waals surface area contributed by atoms with Crippen LogP contribution in [-0.2, 0) is 11.3 Å². The summed E-state index contributed by atoms with van der Waals surface area (Å²) in [6.07, 6.45) is 1.64. The second kappa shape index (κ2) is 7.96. The lowest BCUT2D eigenvalue weighted by atomic mass is 9.96. The summed E-state index contributed by atoms with van der Waals surface area (Å²) in [5, 5.41) is 13.5. The molecule has 0 amide bonds. The van der Waals surface area contributed by atoms with E-state index in [0.29, 0.717) is 35.0 Å². The maximum Gasteiger partial charge on any atom is 0.304 e. The summed E-state index contributed by atoms with van der Waals surface area (Å²) in [5.41, 5.74) is 11.8. The van der Waals surface area contributed by atoms with Crippen molar-refractivity contribution in [1.29, 1.82) is 0 Å². The molecular formula is C24H19ClN6O2S. The first-order valence-electron chi connectivity index (χ1n) is 10.7. The predicted octanol–water partition coefficient (Wildman–Crippen LogP) is 5.05. The monoisotopic (exact) mass is 490 g/mol. The van der Waals surface area contributed by atoms with E-state index >= 15 is 0 Å². The Balaban J connectivity index is 1.44. The highest BCUT2D eigenvalue weighted by Crippen LogP contribution is 2.42. The number of carboxylic acids is 1. The van der Waals surface area contributed by atoms with Crippen molar-refractivity contribution < 1.29 is 9.90 Å². The molecule has 1 aliphatic rings. The number of nitrogens with two attached hydrogens (primary N) is 1. The fourth-order valence-corrected chi connectivity index (χ4v) is 5.85. The lowest BCUT2D eigenvalue weighted by Gasteiger charge is -2.20. The molecule has 170 valence electrons. The average molecular weight is 491 g/mol. The van der Waals surface area contributed by atoms with Crippen LogP contribution in [0.3, 0.4) is 0 Å². The van der Waals surface area contributed by atoms with E-state index in [1.165, 1.54) is 4.70 Å². The molecule has 3 aromatic heterocycles. The number of thiophene rings is 1. The van der Waals surface area contributed by atoms with Gasteiger partial charge in [-0.05, 0) is 46.2 Å². The minimum atomic E-state index is -0.809. The number of aliphatic carboxylic acids is 1. The van der Waals surface area contributed by atoms with E-state index in [0.717, 1.165) is 27.8 Å². The van der Waals surface area contributed by atoms with Crippen LogP contribution in [0, 0.1) is 0 Å². The van der Waals surface area contributed by atoms with Crippen LogP contribution in [0.1, 0.15) is 23.5 Å². The zero-order chi connectivity index (χ0) is 23.4. The molecule has 0 saturated heterocycles. The predicted molar refractivity (Wildman–Crippen MR) is 134 cm³/mol. The number of fused-ring (bicyclic) bond motifs is 3. The number of anilines is 2. The number of hydrogen-bond acceptors (Lipinski definition) is 7. The molecule has 6 rings (SSSR count). The smallest absolute Gasteiger partial charge is 0.304 e. The number of aromatic nitrogens is 4. The number of carbonyl (C=O) groups is 1. The molecule has 2 aromatic carbocycles. The topological polar surface area (TPSA) is 121 Å². The van der Waals surface area contributed by atoms with E-state index < -0.39 is 5.97 Å². The van der Waals surface area contributed by atoms with Crippen molar-refractivity contribution >= 4 is 61.8 Å². The summed E-state index contributed by atoms with van der Waals surface area (Å²) in [6.45, 7) is 1.27. The number of nitrogen functional groups attached to an aromatic ring is 1. The van der Waals surface area contributed by atoms with Gasteiger partial charge in [-0.1, -0.05) is 23.7 Å². The van der Waals surface area contributed by atoms with Gasteiger partial charge in [-0.2, -0.15) is 4.98 Å². The summed E-state index contributed by atoms with van der Waals surface area (Å²) < 4.78 is 1.17. The minimum absolute atomic E-state index is 0.0725. The molecular weight excluding hydrogens is 472 g/mol. The van der Waals surface area contributed by atoms with Gasteiger partial charge in [-0.3, -0.25) is 4.79 Å². The fourth-order valence-electron chi connectivity index (χ4n) is 4.74. The Bertz CT molecular complexity index is 1580. The van der Waals surface area contributed by atoms with Gasteiger partial charge in [0.25, 0.3) is 0 Å². The van der Waals surface area contributed by atoms with Gasteiger partial charge in [0.2, 0.25) is 5.95 Å². The Morgan fingerprint density at radius 3 is 3.00 bits per heavy atom. The van der Waals surface area contributed by atoms with E-state index in [1.54, 1.807) is 17.7 Å². The van der Waals surface area contributed by atoms with Crippen molar-refractivity contribution in [2.75, 3.05) is 17.2 Å². The van der Waals surface area contributed by atoms with Gasteiger partial charge in [0.05, 0.1) is 12.7 Å². The lowest BCUT2D eigenvalue weighted by molar-refractivity contribution is -0.137. The van der Waals surface area contributed by atoms with Crippen molar-refractivity contribution in [3.63, 3.8) is 0 Å². The molecule has 8 nitrogen and oxygen atoms in total. The third-order valence-corrected chi connectivity index (χ3v) is 7.47. The van der Waals surface area contributed by atoms with Crippen LogP contribution in [0.25, 0.3) is 32.5 Å². The van der Waals surface area contributed by atoms with E-state index in [2.05, 4.69) is 36.3 Å². The zero-order valence-corrected chi connectivity index (χ0v) is 19.4. The SMILES string of the molecule is Nc1nc(-c2ccc3c(c2)N(Cc2csc4ccc(Cl)cc24)CC3CC(=O)O)c2nc[nH]c2n1. The van der Waals surface area contributed by atoms with Gasteiger partial charge in [0, 0.05) is 40.0 Å². The molecule has 0 saturated carbocycles. The summed E-state index contributed by atoms with van der Waals surface area (Å²) >= 11 is 7.94. The van der Waals surface area contributed by atoms with E-state index in [-0.39, 0.29) is 18.3 Å². The Morgan fingerprint density at radius 2 is 2.15 bits per heavy atom. The highest BCUT2D eigenvalue weighted by Gasteiger charge is 2.31. The standard InChI is InChI=1S/C24H19ClN6O2S/c25-15-2-4-19-17(7-15)14(10-34-19)9-31-8-13(6-20(32)33)16-3-1-12(5-18(16)31)21-22-23(28-11-27-22)30-24(26)29-21/h1-5,7,10-11,13H,6,8-9H2,(H,32,33)(H3,26,27,28,29,30). The number of carboxylic acid groups (broad SMARTS) is 1. The molecule has 4 heterocycles.